The second-order valence-electron chi connectivity index (χ2n) is 3.49. The number of hydrogen-bond donors (Lipinski definition) is 1. The number of nitrogens with one attached hydrogen (secondary N) is 1. The van der Waals surface area contributed by atoms with E-state index in [2.05, 4.69) is 5.32 Å². The van der Waals surface area contributed by atoms with Crippen LogP contribution >= 0.6 is 0 Å². The summed E-state index contributed by atoms with van der Waals surface area (Å²) in [6.45, 7) is 4.80. The highest BCUT2D eigenvalue weighted by atomic mass is 16.2. The fourth-order valence-corrected chi connectivity index (χ4v) is 2.09. The van der Waals surface area contributed by atoms with Crippen LogP contribution in [0.25, 0.3) is 0 Å². The normalized spacial score (nSPS) is 35.9. The minimum atomic E-state index is 0.231. The molecule has 0 bridgehead atoms. The number of nitrogens with zero attached hydrogens (tertiary/aromatic N) is 1. The fourth-order valence-electron chi connectivity index (χ4n) is 2.09. The zero-order valence-electron chi connectivity index (χ0n) is 6.84. The van der Waals surface area contributed by atoms with E-state index in [9.17, 15) is 4.79 Å². The van der Waals surface area contributed by atoms with Gasteiger partial charge in [-0.05, 0) is 18.9 Å². The first-order valence-electron chi connectivity index (χ1n) is 4.27. The van der Waals surface area contributed by atoms with Gasteiger partial charge in [0, 0.05) is 26.1 Å². The van der Waals surface area contributed by atoms with E-state index in [1.54, 1.807) is 6.92 Å². The highest BCUT2D eigenvalue weighted by Crippen LogP contribution is 2.29. The number of fused-ring (bicyclic) bond motifs is 1. The van der Waals surface area contributed by atoms with Crippen LogP contribution in [0.15, 0.2) is 0 Å². The van der Waals surface area contributed by atoms with Crippen LogP contribution in [-0.2, 0) is 4.79 Å². The second kappa shape index (κ2) is 2.48. The number of hydrogen-bond acceptors (Lipinski definition) is 2. The van der Waals surface area contributed by atoms with E-state index in [0.29, 0.717) is 6.04 Å². The van der Waals surface area contributed by atoms with Crippen molar-refractivity contribution >= 4 is 5.91 Å². The molecule has 0 aromatic rings. The van der Waals surface area contributed by atoms with E-state index in [4.69, 9.17) is 0 Å². The number of rotatable bonds is 0. The van der Waals surface area contributed by atoms with Gasteiger partial charge in [-0.1, -0.05) is 0 Å². The van der Waals surface area contributed by atoms with Gasteiger partial charge < -0.3 is 10.2 Å². The van der Waals surface area contributed by atoms with Gasteiger partial charge in [0.15, 0.2) is 0 Å². The van der Waals surface area contributed by atoms with Gasteiger partial charge in [0.1, 0.15) is 0 Å². The lowest BCUT2D eigenvalue weighted by atomic mass is 9.83. The van der Waals surface area contributed by atoms with Crippen LogP contribution in [-0.4, -0.2) is 36.5 Å². The molecule has 0 aromatic heterocycles. The van der Waals surface area contributed by atoms with E-state index in [1.807, 2.05) is 4.90 Å². The second-order valence-corrected chi connectivity index (χ2v) is 3.49. The predicted octanol–water partition coefficient (Wildman–Crippen LogP) is -0.173. The first-order chi connectivity index (χ1) is 5.29. The molecule has 2 heterocycles. The smallest absolute Gasteiger partial charge is 0.219 e. The average molecular weight is 154 g/mol. The van der Waals surface area contributed by atoms with Crippen molar-refractivity contribution < 1.29 is 4.79 Å². The monoisotopic (exact) mass is 154 g/mol. The van der Waals surface area contributed by atoms with Gasteiger partial charge in [0.05, 0.1) is 0 Å². The molecule has 0 aliphatic carbocycles. The first-order valence-corrected chi connectivity index (χ1v) is 4.27. The summed E-state index contributed by atoms with van der Waals surface area (Å²) in [7, 11) is 0. The molecule has 2 aliphatic rings. The standard InChI is InChI=1S/C8H14N2O/c1-6(11)10-5-7-2-3-9-4-8(7)10/h7-9H,2-5H2,1H3/t7-,8+/m1/s1. The van der Waals surface area contributed by atoms with Crippen molar-refractivity contribution in [2.24, 2.45) is 5.92 Å². The number of amides is 1. The maximum Gasteiger partial charge on any atom is 0.219 e. The van der Waals surface area contributed by atoms with Crippen molar-refractivity contribution in [2.75, 3.05) is 19.6 Å². The van der Waals surface area contributed by atoms with Gasteiger partial charge in [-0.2, -0.15) is 0 Å². The quantitative estimate of drug-likeness (QED) is 0.525. The van der Waals surface area contributed by atoms with E-state index < -0.39 is 0 Å². The lowest BCUT2D eigenvalue weighted by Gasteiger charge is -2.50. The minimum Gasteiger partial charge on any atom is -0.338 e. The third-order valence-electron chi connectivity index (χ3n) is 2.83. The van der Waals surface area contributed by atoms with Gasteiger partial charge >= 0.3 is 0 Å². The minimum absolute atomic E-state index is 0.231. The van der Waals surface area contributed by atoms with Crippen LogP contribution in [0.5, 0.6) is 0 Å². The van der Waals surface area contributed by atoms with E-state index in [1.165, 1.54) is 6.42 Å². The molecule has 2 rings (SSSR count). The Labute approximate surface area is 66.8 Å². The van der Waals surface area contributed by atoms with Gasteiger partial charge in [0.2, 0.25) is 5.91 Å². The molecule has 1 amide bonds. The predicted molar refractivity (Wildman–Crippen MR) is 42.2 cm³/mol. The Bertz CT molecular complexity index is 181. The Morgan fingerprint density at radius 1 is 1.64 bits per heavy atom. The Balaban J connectivity index is 1.96. The van der Waals surface area contributed by atoms with Gasteiger partial charge in [-0.25, -0.2) is 0 Å². The molecule has 0 aromatic carbocycles. The van der Waals surface area contributed by atoms with Crippen LogP contribution in [0.2, 0.25) is 0 Å². The summed E-state index contributed by atoms with van der Waals surface area (Å²) in [6, 6.07) is 0.515. The summed E-state index contributed by atoms with van der Waals surface area (Å²) >= 11 is 0. The molecule has 0 spiro atoms. The Morgan fingerprint density at radius 3 is 3.09 bits per heavy atom. The number of likely N-dealkylation sites (tertiary alicyclic amines) is 1. The van der Waals surface area contributed by atoms with E-state index in [0.717, 1.165) is 25.6 Å². The fraction of sp³-hybridized carbons (Fsp3) is 0.875. The van der Waals surface area contributed by atoms with Crippen molar-refractivity contribution in [1.29, 1.82) is 0 Å². The Kier molecular flexibility index (Phi) is 1.60. The summed E-state index contributed by atoms with van der Waals surface area (Å²) in [6.07, 6.45) is 1.24. The average Bonchev–Trinajstić information content (AvgIpc) is 1.90. The molecule has 62 valence electrons. The summed E-state index contributed by atoms with van der Waals surface area (Å²) in [5.41, 5.74) is 0. The SMILES string of the molecule is CC(=O)N1C[C@H]2CCNC[C@@H]21. The molecule has 2 atom stereocenters. The summed E-state index contributed by atoms with van der Waals surface area (Å²) in [5, 5.41) is 3.31. The van der Waals surface area contributed by atoms with Crippen molar-refractivity contribution in [3.05, 3.63) is 0 Å². The largest absolute Gasteiger partial charge is 0.338 e. The molecular weight excluding hydrogens is 140 g/mol. The number of piperidine rings is 1. The summed E-state index contributed by atoms with van der Waals surface area (Å²) in [5.74, 6) is 1.02. The molecule has 1 N–H and O–H groups in total. The van der Waals surface area contributed by atoms with Crippen molar-refractivity contribution in [3.8, 4) is 0 Å². The van der Waals surface area contributed by atoms with Crippen LogP contribution in [0, 0.1) is 5.92 Å². The zero-order chi connectivity index (χ0) is 7.84. The molecular formula is C8H14N2O. The van der Waals surface area contributed by atoms with Crippen LogP contribution in [0.3, 0.4) is 0 Å². The Morgan fingerprint density at radius 2 is 2.45 bits per heavy atom. The van der Waals surface area contributed by atoms with Crippen molar-refractivity contribution in [3.63, 3.8) is 0 Å². The van der Waals surface area contributed by atoms with Crippen LogP contribution in [0.4, 0.5) is 0 Å². The third kappa shape index (κ3) is 1.03. The molecule has 2 aliphatic heterocycles. The van der Waals surface area contributed by atoms with Gasteiger partial charge in [-0.15, -0.1) is 0 Å². The van der Waals surface area contributed by atoms with Gasteiger partial charge in [-0.3, -0.25) is 4.79 Å². The van der Waals surface area contributed by atoms with Crippen LogP contribution in [0.1, 0.15) is 13.3 Å². The molecule has 2 saturated heterocycles. The lowest BCUT2D eigenvalue weighted by molar-refractivity contribution is -0.142. The maximum absolute atomic E-state index is 11.0. The van der Waals surface area contributed by atoms with Crippen molar-refractivity contribution in [1.82, 2.24) is 10.2 Å². The van der Waals surface area contributed by atoms with E-state index >= 15 is 0 Å². The number of carbonyl (C=O) groups is 1. The summed E-state index contributed by atoms with van der Waals surface area (Å²) in [4.78, 5) is 12.9. The van der Waals surface area contributed by atoms with Gasteiger partial charge in [0.25, 0.3) is 0 Å². The molecule has 0 unspecified atom stereocenters. The van der Waals surface area contributed by atoms with Crippen molar-refractivity contribution in [2.45, 2.75) is 19.4 Å². The Hall–Kier alpha value is -0.570. The highest BCUT2D eigenvalue weighted by Gasteiger charge is 2.41. The molecule has 2 fully saturated rings. The number of carbonyl (C=O) groups excluding carboxylic acids is 1. The maximum atomic E-state index is 11.0. The molecule has 0 radical (unpaired) electrons. The zero-order valence-corrected chi connectivity index (χ0v) is 6.84. The summed E-state index contributed by atoms with van der Waals surface area (Å²) < 4.78 is 0. The van der Waals surface area contributed by atoms with Crippen LogP contribution < -0.4 is 5.32 Å². The molecule has 11 heavy (non-hydrogen) atoms. The molecule has 3 nitrogen and oxygen atoms in total. The van der Waals surface area contributed by atoms with E-state index in [-0.39, 0.29) is 5.91 Å². The third-order valence-corrected chi connectivity index (χ3v) is 2.83. The lowest BCUT2D eigenvalue weighted by Crippen LogP contribution is -2.64. The molecule has 3 heteroatoms. The molecule has 0 saturated carbocycles. The highest BCUT2D eigenvalue weighted by molar-refractivity contribution is 5.74. The first kappa shape index (κ1) is 7.10. The topological polar surface area (TPSA) is 32.3 Å².